The predicted octanol–water partition coefficient (Wildman–Crippen LogP) is -0.0654. The number of fused-ring (bicyclic) bond motifs is 1. The second-order valence-electron chi connectivity index (χ2n) is 5.29. The third-order valence-corrected chi connectivity index (χ3v) is 3.57. The van der Waals surface area contributed by atoms with Crippen molar-refractivity contribution in [2.24, 2.45) is 14.1 Å². The quantitative estimate of drug-likeness (QED) is 0.791. The highest BCUT2D eigenvalue weighted by atomic mass is 16.5. The van der Waals surface area contributed by atoms with Crippen molar-refractivity contribution in [1.82, 2.24) is 29.4 Å². The van der Waals surface area contributed by atoms with Crippen LogP contribution in [-0.2, 0) is 25.4 Å². The van der Waals surface area contributed by atoms with E-state index in [1.807, 2.05) is 13.2 Å². The highest BCUT2D eigenvalue weighted by Crippen LogP contribution is 2.27. The number of nitrogens with zero attached hydrogens (tertiary/aromatic N) is 6. The molecule has 2 aromatic rings. The van der Waals surface area contributed by atoms with Crippen molar-refractivity contribution in [3.8, 4) is 0 Å². The Labute approximate surface area is 122 Å². The predicted molar refractivity (Wildman–Crippen MR) is 73.6 cm³/mol. The second-order valence-corrected chi connectivity index (χ2v) is 5.29. The van der Waals surface area contributed by atoms with Crippen LogP contribution in [0.1, 0.15) is 27.8 Å². The van der Waals surface area contributed by atoms with Gasteiger partial charge < -0.3 is 9.64 Å². The summed E-state index contributed by atoms with van der Waals surface area (Å²) >= 11 is 0. The SMILES string of the molecule is COCC1CN(C(=O)c2ncn(C)n2)Cc2cn(C)nc21. The number of ether oxygens (including phenoxy) is 1. The number of aromatic nitrogens is 5. The zero-order valence-electron chi connectivity index (χ0n) is 12.4. The minimum absolute atomic E-state index is 0.0765. The maximum atomic E-state index is 12.5. The molecule has 0 spiro atoms. The Kier molecular flexibility index (Phi) is 3.46. The van der Waals surface area contributed by atoms with E-state index in [9.17, 15) is 4.79 Å². The van der Waals surface area contributed by atoms with E-state index in [0.29, 0.717) is 19.7 Å². The van der Waals surface area contributed by atoms with Crippen LogP contribution in [0.2, 0.25) is 0 Å². The fourth-order valence-electron chi connectivity index (χ4n) is 2.71. The van der Waals surface area contributed by atoms with Crippen LogP contribution in [-0.4, -0.2) is 55.6 Å². The molecule has 0 aliphatic carbocycles. The molecular weight excluding hydrogens is 272 g/mol. The lowest BCUT2D eigenvalue weighted by atomic mass is 9.97. The van der Waals surface area contributed by atoms with E-state index in [2.05, 4.69) is 15.2 Å². The van der Waals surface area contributed by atoms with Crippen molar-refractivity contribution in [2.45, 2.75) is 12.5 Å². The van der Waals surface area contributed by atoms with Crippen LogP contribution < -0.4 is 0 Å². The van der Waals surface area contributed by atoms with Gasteiger partial charge in [-0.25, -0.2) is 4.98 Å². The molecule has 112 valence electrons. The Morgan fingerprint density at radius 3 is 2.86 bits per heavy atom. The first-order valence-corrected chi connectivity index (χ1v) is 6.74. The minimum Gasteiger partial charge on any atom is -0.384 e. The van der Waals surface area contributed by atoms with Crippen LogP contribution in [0.5, 0.6) is 0 Å². The first-order chi connectivity index (χ1) is 10.1. The standard InChI is InChI=1S/C13H18N6O2/c1-17-4-9-5-19(6-10(7-21-3)11(9)15-17)13(20)12-14-8-18(2)16-12/h4,8,10H,5-7H2,1-3H3. The average Bonchev–Trinajstić information content (AvgIpc) is 3.03. The van der Waals surface area contributed by atoms with Gasteiger partial charge in [-0.1, -0.05) is 0 Å². The van der Waals surface area contributed by atoms with E-state index in [1.165, 1.54) is 11.0 Å². The molecule has 0 aromatic carbocycles. The van der Waals surface area contributed by atoms with Crippen LogP contribution >= 0.6 is 0 Å². The molecule has 21 heavy (non-hydrogen) atoms. The molecule has 0 N–H and O–H groups in total. The summed E-state index contributed by atoms with van der Waals surface area (Å²) in [5.41, 5.74) is 2.06. The lowest BCUT2D eigenvalue weighted by Gasteiger charge is -2.30. The van der Waals surface area contributed by atoms with Crippen LogP contribution in [0.15, 0.2) is 12.5 Å². The van der Waals surface area contributed by atoms with Crippen molar-refractivity contribution in [1.29, 1.82) is 0 Å². The molecule has 8 nitrogen and oxygen atoms in total. The first-order valence-electron chi connectivity index (χ1n) is 6.74. The van der Waals surface area contributed by atoms with E-state index in [1.54, 1.807) is 23.7 Å². The molecule has 0 bridgehead atoms. The van der Waals surface area contributed by atoms with Gasteiger partial charge in [0.25, 0.3) is 5.91 Å². The summed E-state index contributed by atoms with van der Waals surface area (Å²) in [6.45, 7) is 1.62. The topological polar surface area (TPSA) is 78.1 Å². The van der Waals surface area contributed by atoms with Gasteiger partial charge in [0.1, 0.15) is 6.33 Å². The van der Waals surface area contributed by atoms with Crippen LogP contribution in [0.25, 0.3) is 0 Å². The summed E-state index contributed by atoms with van der Waals surface area (Å²) in [5, 5.41) is 8.57. The number of carbonyl (C=O) groups excluding carboxylic acids is 1. The van der Waals surface area contributed by atoms with Crippen molar-refractivity contribution < 1.29 is 9.53 Å². The van der Waals surface area contributed by atoms with Gasteiger partial charge in [-0.15, -0.1) is 5.10 Å². The van der Waals surface area contributed by atoms with Gasteiger partial charge in [-0.05, 0) is 0 Å². The molecule has 3 heterocycles. The van der Waals surface area contributed by atoms with E-state index in [0.717, 1.165) is 11.3 Å². The Bertz CT molecular complexity index is 661. The molecule has 1 atom stereocenters. The molecule has 0 radical (unpaired) electrons. The van der Waals surface area contributed by atoms with Crippen LogP contribution in [0.4, 0.5) is 0 Å². The number of aryl methyl sites for hydroxylation is 2. The zero-order valence-corrected chi connectivity index (χ0v) is 12.4. The second kappa shape index (κ2) is 5.28. The first kappa shape index (κ1) is 13.7. The number of methoxy groups -OCH3 is 1. The van der Waals surface area contributed by atoms with E-state index in [-0.39, 0.29) is 17.6 Å². The van der Waals surface area contributed by atoms with E-state index in [4.69, 9.17) is 4.74 Å². The molecule has 1 aliphatic rings. The molecule has 1 aliphatic heterocycles. The Hall–Kier alpha value is -2.22. The van der Waals surface area contributed by atoms with Gasteiger partial charge in [0.15, 0.2) is 0 Å². The molecule has 1 amide bonds. The lowest BCUT2D eigenvalue weighted by molar-refractivity contribution is 0.0666. The number of amides is 1. The zero-order chi connectivity index (χ0) is 15.0. The highest BCUT2D eigenvalue weighted by Gasteiger charge is 2.32. The summed E-state index contributed by atoms with van der Waals surface area (Å²) in [6, 6.07) is 0. The monoisotopic (exact) mass is 290 g/mol. The van der Waals surface area contributed by atoms with E-state index < -0.39 is 0 Å². The lowest BCUT2D eigenvalue weighted by Crippen LogP contribution is -2.39. The smallest absolute Gasteiger partial charge is 0.293 e. The summed E-state index contributed by atoms with van der Waals surface area (Å²) in [5.74, 6) is 0.139. The third kappa shape index (κ3) is 2.54. The summed E-state index contributed by atoms with van der Waals surface area (Å²) in [4.78, 5) is 18.3. The van der Waals surface area contributed by atoms with Crippen LogP contribution in [0, 0.1) is 0 Å². The van der Waals surface area contributed by atoms with Crippen molar-refractivity contribution in [3.63, 3.8) is 0 Å². The molecule has 2 aromatic heterocycles. The fourth-order valence-corrected chi connectivity index (χ4v) is 2.71. The Morgan fingerprint density at radius 1 is 1.38 bits per heavy atom. The van der Waals surface area contributed by atoms with Gasteiger partial charge in [-0.3, -0.25) is 14.2 Å². The molecule has 1 unspecified atom stereocenters. The molecule has 3 rings (SSSR count). The largest absolute Gasteiger partial charge is 0.384 e. The average molecular weight is 290 g/mol. The minimum atomic E-state index is -0.161. The third-order valence-electron chi connectivity index (χ3n) is 3.57. The molecule has 0 saturated heterocycles. The van der Waals surface area contributed by atoms with Gasteiger partial charge in [0.2, 0.25) is 5.82 Å². The summed E-state index contributed by atoms with van der Waals surface area (Å²) in [7, 11) is 5.28. The van der Waals surface area contributed by atoms with Crippen LogP contribution in [0.3, 0.4) is 0 Å². The van der Waals surface area contributed by atoms with Crippen molar-refractivity contribution >= 4 is 5.91 Å². The normalized spacial score (nSPS) is 17.9. The van der Waals surface area contributed by atoms with Crippen molar-refractivity contribution in [3.05, 3.63) is 29.6 Å². The maximum absolute atomic E-state index is 12.5. The van der Waals surface area contributed by atoms with Gasteiger partial charge in [0.05, 0.1) is 12.3 Å². The Balaban J connectivity index is 1.87. The number of carbonyl (C=O) groups is 1. The number of hydrogen-bond acceptors (Lipinski definition) is 5. The number of hydrogen-bond donors (Lipinski definition) is 0. The molecule has 0 saturated carbocycles. The molecule has 8 heteroatoms. The van der Waals surface area contributed by atoms with Gasteiger partial charge in [-0.2, -0.15) is 5.10 Å². The number of rotatable bonds is 3. The van der Waals surface area contributed by atoms with Gasteiger partial charge >= 0.3 is 0 Å². The van der Waals surface area contributed by atoms with Crippen molar-refractivity contribution in [2.75, 3.05) is 20.3 Å². The Morgan fingerprint density at radius 2 is 2.19 bits per heavy atom. The summed E-state index contributed by atoms with van der Waals surface area (Å²) < 4.78 is 8.57. The summed E-state index contributed by atoms with van der Waals surface area (Å²) in [6.07, 6.45) is 3.47. The molecular formula is C13H18N6O2. The fraction of sp³-hybridized carbons (Fsp3) is 0.538. The van der Waals surface area contributed by atoms with Gasteiger partial charge in [0, 0.05) is 52.0 Å². The highest BCUT2D eigenvalue weighted by molar-refractivity contribution is 5.90. The molecule has 0 fully saturated rings. The van der Waals surface area contributed by atoms with E-state index >= 15 is 0 Å². The maximum Gasteiger partial charge on any atom is 0.293 e.